The van der Waals surface area contributed by atoms with Gasteiger partial charge in [0.1, 0.15) is 5.76 Å². The van der Waals surface area contributed by atoms with Gasteiger partial charge >= 0.3 is 5.69 Å². The SMILES string of the molecule is C=C(C)Cn1c(=O)n(C)c2nc(-c3cc(CN4CCc5o[nH]c(=O)c5C4)ccc3C#N)ccc21. The molecule has 0 atom stereocenters. The molecule has 0 saturated carbocycles. The summed E-state index contributed by atoms with van der Waals surface area (Å²) >= 11 is 0. The topological polar surface area (TPSA) is 113 Å². The number of aromatic nitrogens is 4. The molecule has 5 rings (SSSR count). The first kappa shape index (κ1) is 21.7. The highest BCUT2D eigenvalue weighted by molar-refractivity contribution is 5.78. The molecule has 0 radical (unpaired) electrons. The Hall–Kier alpha value is -4.16. The average Bonchev–Trinajstić information content (AvgIpc) is 3.31. The first-order valence-electron chi connectivity index (χ1n) is 11.0. The predicted molar refractivity (Wildman–Crippen MR) is 127 cm³/mol. The Morgan fingerprint density at radius 1 is 1.29 bits per heavy atom. The van der Waals surface area contributed by atoms with Crippen molar-refractivity contribution < 1.29 is 4.52 Å². The molecule has 0 aliphatic carbocycles. The molecule has 0 spiro atoms. The number of benzene rings is 1. The van der Waals surface area contributed by atoms with Gasteiger partial charge in [-0.1, -0.05) is 18.2 Å². The molecular formula is C25H24N6O3. The predicted octanol–water partition coefficient (Wildman–Crippen LogP) is 2.69. The van der Waals surface area contributed by atoms with E-state index in [9.17, 15) is 14.9 Å². The Morgan fingerprint density at radius 3 is 2.88 bits per heavy atom. The molecule has 1 aliphatic heterocycles. The zero-order valence-electron chi connectivity index (χ0n) is 19.1. The standard InChI is InChI=1S/C25H24N6O3/c1-15(2)12-31-21-7-6-20(27-23(21)29(3)25(31)33)18-10-16(4-5-17(18)11-26)13-30-9-8-22-19(14-30)24(32)28-34-22/h4-7,10H,1,8-9,12-14H2,2-3H3,(H,28,32). The molecule has 1 aromatic carbocycles. The van der Waals surface area contributed by atoms with Crippen LogP contribution < -0.4 is 11.2 Å². The van der Waals surface area contributed by atoms with E-state index >= 15 is 0 Å². The maximum Gasteiger partial charge on any atom is 0.330 e. The maximum absolute atomic E-state index is 12.7. The lowest BCUT2D eigenvalue weighted by Crippen LogP contribution is -2.31. The molecule has 1 N–H and O–H groups in total. The molecule has 1 aliphatic rings. The summed E-state index contributed by atoms with van der Waals surface area (Å²) in [5.74, 6) is 0.725. The highest BCUT2D eigenvalue weighted by atomic mass is 16.5. The van der Waals surface area contributed by atoms with Crippen LogP contribution in [0.25, 0.3) is 22.4 Å². The Morgan fingerprint density at radius 2 is 2.12 bits per heavy atom. The lowest BCUT2D eigenvalue weighted by Gasteiger charge is -2.25. The van der Waals surface area contributed by atoms with Crippen molar-refractivity contribution in [2.75, 3.05) is 6.54 Å². The number of pyridine rings is 1. The Balaban J connectivity index is 1.51. The first-order valence-corrected chi connectivity index (χ1v) is 11.0. The van der Waals surface area contributed by atoms with Crippen LogP contribution in [-0.4, -0.2) is 30.7 Å². The number of H-pyrrole nitrogens is 1. The van der Waals surface area contributed by atoms with Crippen molar-refractivity contribution in [2.24, 2.45) is 7.05 Å². The van der Waals surface area contributed by atoms with E-state index in [1.54, 1.807) is 17.7 Å². The van der Waals surface area contributed by atoms with Gasteiger partial charge < -0.3 is 4.52 Å². The minimum atomic E-state index is -0.179. The van der Waals surface area contributed by atoms with Gasteiger partial charge in [0.05, 0.1) is 28.4 Å². The minimum Gasteiger partial charge on any atom is -0.383 e. The first-order chi connectivity index (χ1) is 16.4. The molecule has 4 heterocycles. The quantitative estimate of drug-likeness (QED) is 0.462. The van der Waals surface area contributed by atoms with E-state index in [4.69, 9.17) is 9.51 Å². The van der Waals surface area contributed by atoms with Gasteiger partial charge in [0, 0.05) is 45.2 Å². The van der Waals surface area contributed by atoms with Crippen molar-refractivity contribution in [3.05, 3.63) is 85.8 Å². The number of nitriles is 1. The van der Waals surface area contributed by atoms with Crippen molar-refractivity contribution in [2.45, 2.75) is 33.0 Å². The van der Waals surface area contributed by atoms with Crippen LogP contribution >= 0.6 is 0 Å². The summed E-state index contributed by atoms with van der Waals surface area (Å²) in [5.41, 5.74) is 5.35. The minimum absolute atomic E-state index is 0.157. The molecule has 34 heavy (non-hydrogen) atoms. The van der Waals surface area contributed by atoms with Gasteiger partial charge in [0.2, 0.25) is 0 Å². The number of hydrogen-bond acceptors (Lipinski definition) is 6. The molecule has 0 amide bonds. The van der Waals surface area contributed by atoms with E-state index in [1.165, 1.54) is 4.57 Å². The van der Waals surface area contributed by atoms with Crippen LogP contribution in [0.1, 0.15) is 29.4 Å². The summed E-state index contributed by atoms with van der Waals surface area (Å²) in [5, 5.41) is 12.1. The normalized spacial score (nSPS) is 13.7. The summed E-state index contributed by atoms with van der Waals surface area (Å²) in [6, 6.07) is 11.6. The van der Waals surface area contributed by atoms with E-state index in [2.05, 4.69) is 22.7 Å². The Kier molecular flexibility index (Phi) is 5.30. The molecule has 0 saturated heterocycles. The Bertz CT molecular complexity index is 1590. The molecule has 0 bridgehead atoms. The summed E-state index contributed by atoms with van der Waals surface area (Å²) in [6.45, 7) is 8.12. The molecule has 4 aromatic rings. The fraction of sp³-hybridized carbons (Fsp3) is 0.280. The average molecular weight is 457 g/mol. The van der Waals surface area contributed by atoms with Crippen molar-refractivity contribution in [3.63, 3.8) is 0 Å². The zero-order chi connectivity index (χ0) is 24.0. The van der Waals surface area contributed by atoms with E-state index in [0.717, 1.165) is 29.0 Å². The summed E-state index contributed by atoms with van der Waals surface area (Å²) < 4.78 is 8.40. The van der Waals surface area contributed by atoms with Gasteiger partial charge in [-0.2, -0.15) is 10.4 Å². The molecule has 9 heteroatoms. The third kappa shape index (κ3) is 3.68. The monoisotopic (exact) mass is 456 g/mol. The molecule has 0 fully saturated rings. The number of rotatable bonds is 5. The van der Waals surface area contributed by atoms with Gasteiger partial charge in [-0.05, 0) is 36.8 Å². The van der Waals surface area contributed by atoms with Crippen molar-refractivity contribution >= 4 is 11.2 Å². The number of aromatic amines is 1. The highest BCUT2D eigenvalue weighted by Crippen LogP contribution is 2.27. The van der Waals surface area contributed by atoms with E-state index in [1.807, 2.05) is 31.2 Å². The number of nitrogens with one attached hydrogen (secondary N) is 1. The fourth-order valence-corrected chi connectivity index (χ4v) is 4.52. The third-order valence-electron chi connectivity index (χ3n) is 6.21. The van der Waals surface area contributed by atoms with Gasteiger partial charge in [-0.15, -0.1) is 0 Å². The van der Waals surface area contributed by atoms with E-state index in [0.29, 0.717) is 54.1 Å². The maximum atomic E-state index is 12.7. The lowest BCUT2D eigenvalue weighted by atomic mass is 10.0. The molecule has 172 valence electrons. The highest BCUT2D eigenvalue weighted by Gasteiger charge is 2.23. The number of fused-ring (bicyclic) bond motifs is 2. The van der Waals surface area contributed by atoms with Gasteiger partial charge in [0.25, 0.3) is 5.56 Å². The van der Waals surface area contributed by atoms with Crippen molar-refractivity contribution in [1.29, 1.82) is 5.26 Å². The largest absolute Gasteiger partial charge is 0.383 e. The third-order valence-corrected chi connectivity index (χ3v) is 6.21. The zero-order valence-corrected chi connectivity index (χ0v) is 19.1. The smallest absolute Gasteiger partial charge is 0.330 e. The molecular weight excluding hydrogens is 432 g/mol. The second-order valence-corrected chi connectivity index (χ2v) is 8.81. The van der Waals surface area contributed by atoms with Gasteiger partial charge in [-0.3, -0.25) is 18.8 Å². The molecule has 0 unspecified atom stereocenters. The van der Waals surface area contributed by atoms with Crippen LogP contribution in [0.15, 0.2) is 56.6 Å². The molecule has 3 aromatic heterocycles. The van der Waals surface area contributed by atoms with Crippen molar-refractivity contribution in [3.8, 4) is 17.3 Å². The van der Waals surface area contributed by atoms with E-state index in [-0.39, 0.29) is 11.2 Å². The number of allylic oxidation sites excluding steroid dienone is 1. The summed E-state index contributed by atoms with van der Waals surface area (Å²) in [6.07, 6.45) is 0.671. The molecule has 9 nitrogen and oxygen atoms in total. The van der Waals surface area contributed by atoms with Crippen LogP contribution in [0.5, 0.6) is 0 Å². The van der Waals surface area contributed by atoms with E-state index < -0.39 is 0 Å². The van der Waals surface area contributed by atoms with Gasteiger partial charge in [-0.25, -0.2) is 9.78 Å². The van der Waals surface area contributed by atoms with Gasteiger partial charge in [0.15, 0.2) is 5.65 Å². The van der Waals surface area contributed by atoms with Crippen LogP contribution in [0, 0.1) is 11.3 Å². The number of hydrogen-bond donors (Lipinski definition) is 1. The van der Waals surface area contributed by atoms with Crippen LogP contribution in [0.4, 0.5) is 0 Å². The second kappa shape index (κ2) is 8.32. The Labute approximate surface area is 195 Å². The van der Waals surface area contributed by atoms with Crippen LogP contribution in [-0.2, 0) is 33.1 Å². The summed E-state index contributed by atoms with van der Waals surface area (Å²) in [7, 11) is 1.69. The van der Waals surface area contributed by atoms with Crippen LogP contribution in [0.3, 0.4) is 0 Å². The number of imidazole rings is 1. The number of aryl methyl sites for hydroxylation is 1. The van der Waals surface area contributed by atoms with Crippen molar-refractivity contribution in [1.82, 2.24) is 24.2 Å². The number of nitrogens with zero attached hydrogens (tertiary/aromatic N) is 5. The second-order valence-electron chi connectivity index (χ2n) is 8.81. The fourth-order valence-electron chi connectivity index (χ4n) is 4.52. The van der Waals surface area contributed by atoms with Crippen LogP contribution in [0.2, 0.25) is 0 Å². The lowest BCUT2D eigenvalue weighted by molar-refractivity contribution is 0.228. The summed E-state index contributed by atoms with van der Waals surface area (Å²) in [4.78, 5) is 31.6.